The minimum absolute atomic E-state index is 0.314. The van der Waals surface area contributed by atoms with Crippen molar-refractivity contribution in [1.82, 2.24) is 4.98 Å². The second kappa shape index (κ2) is 9.18. The first-order valence-electron chi connectivity index (χ1n) is 6.81. The number of ether oxygens (including phenoxy) is 1. The Labute approximate surface area is 126 Å². The number of nitrogens with zero attached hydrogens (tertiary/aromatic N) is 2. The highest BCUT2D eigenvalue weighted by atomic mass is 16.5. The van der Waals surface area contributed by atoms with Crippen molar-refractivity contribution < 1.29 is 4.74 Å². The molecular weight excluding hydrogens is 260 g/mol. The van der Waals surface area contributed by atoms with E-state index in [4.69, 9.17) is 10.00 Å². The van der Waals surface area contributed by atoms with E-state index in [1.54, 1.807) is 12.3 Å². The number of nitriles is 1. The van der Waals surface area contributed by atoms with Gasteiger partial charge in [-0.05, 0) is 11.6 Å². The zero-order valence-electron chi connectivity index (χ0n) is 12.6. The molecule has 0 radical (unpaired) electrons. The topological polar surface area (TPSA) is 45.9 Å². The van der Waals surface area contributed by atoms with Gasteiger partial charge < -0.3 is 4.74 Å². The van der Waals surface area contributed by atoms with E-state index in [0.29, 0.717) is 23.4 Å². The van der Waals surface area contributed by atoms with Gasteiger partial charge in [-0.15, -0.1) is 0 Å². The van der Waals surface area contributed by atoms with Crippen LogP contribution in [-0.2, 0) is 6.42 Å². The Kier molecular flexibility index (Phi) is 7.11. The van der Waals surface area contributed by atoms with Crippen molar-refractivity contribution >= 4 is 0 Å². The molecular formula is C18H18N2O. The highest BCUT2D eigenvalue weighted by Crippen LogP contribution is 2.16. The Morgan fingerprint density at radius 3 is 2.48 bits per heavy atom. The highest BCUT2D eigenvalue weighted by Gasteiger charge is 2.07. The van der Waals surface area contributed by atoms with E-state index in [-0.39, 0.29) is 0 Å². The summed E-state index contributed by atoms with van der Waals surface area (Å²) in [4.78, 5) is 3.98. The summed E-state index contributed by atoms with van der Waals surface area (Å²) >= 11 is 0. The molecule has 2 rings (SSSR count). The molecule has 0 N–H and O–H groups in total. The van der Waals surface area contributed by atoms with Crippen molar-refractivity contribution in [2.75, 3.05) is 7.11 Å². The summed E-state index contributed by atoms with van der Waals surface area (Å²) in [7, 11) is 1.49. The predicted molar refractivity (Wildman–Crippen MR) is 83.9 cm³/mol. The molecule has 0 unspecified atom stereocenters. The second-order valence-electron chi connectivity index (χ2n) is 3.82. The molecule has 3 heteroatoms. The summed E-state index contributed by atoms with van der Waals surface area (Å²) in [5.74, 6) is 6.37. The normalized spacial score (nSPS) is 8.48. The Bertz CT molecular complexity index is 661. The van der Waals surface area contributed by atoms with Gasteiger partial charge in [0.1, 0.15) is 11.6 Å². The van der Waals surface area contributed by atoms with Crippen molar-refractivity contribution in [3.8, 4) is 23.8 Å². The van der Waals surface area contributed by atoms with Gasteiger partial charge >= 0.3 is 0 Å². The number of pyridine rings is 1. The van der Waals surface area contributed by atoms with Crippen molar-refractivity contribution in [1.29, 1.82) is 5.26 Å². The summed E-state index contributed by atoms with van der Waals surface area (Å²) in [5.41, 5.74) is 2.17. The summed E-state index contributed by atoms with van der Waals surface area (Å²) < 4.78 is 5.04. The largest absolute Gasteiger partial charge is 0.480 e. The fourth-order valence-electron chi connectivity index (χ4n) is 1.65. The molecule has 2 aromatic rings. The van der Waals surface area contributed by atoms with Crippen LogP contribution in [0.1, 0.15) is 30.5 Å². The van der Waals surface area contributed by atoms with Gasteiger partial charge in [-0.1, -0.05) is 56.0 Å². The molecule has 106 valence electrons. The Balaban J connectivity index is 0.00000106. The van der Waals surface area contributed by atoms with E-state index >= 15 is 0 Å². The molecule has 0 amide bonds. The average Bonchev–Trinajstić information content (AvgIpc) is 2.57. The standard InChI is InChI=1S/C16H12N2O.C2H6/c1-19-16-15(12-17)14(10-11-18-16)9-5-8-13-6-3-2-4-7-13;1-2/h2-4,6-7,10-11H,8H2,1H3;1-2H3. The van der Waals surface area contributed by atoms with Gasteiger partial charge in [-0.3, -0.25) is 0 Å². The summed E-state index contributed by atoms with van der Waals surface area (Å²) in [6.07, 6.45) is 2.24. The summed E-state index contributed by atoms with van der Waals surface area (Å²) in [6.45, 7) is 4.00. The molecule has 3 nitrogen and oxygen atoms in total. The van der Waals surface area contributed by atoms with Crippen LogP contribution < -0.4 is 4.74 Å². The lowest BCUT2D eigenvalue weighted by molar-refractivity contribution is 0.396. The van der Waals surface area contributed by atoms with Crippen LogP contribution in [0.5, 0.6) is 5.88 Å². The lowest BCUT2D eigenvalue weighted by Gasteiger charge is -2.01. The van der Waals surface area contributed by atoms with Crippen molar-refractivity contribution in [2.45, 2.75) is 20.3 Å². The van der Waals surface area contributed by atoms with Crippen LogP contribution >= 0.6 is 0 Å². The third kappa shape index (κ3) is 4.67. The van der Waals surface area contributed by atoms with Gasteiger partial charge in [0, 0.05) is 18.2 Å². The second-order valence-corrected chi connectivity index (χ2v) is 3.82. The number of aromatic nitrogens is 1. The minimum atomic E-state index is 0.314. The number of methoxy groups -OCH3 is 1. The first-order chi connectivity index (χ1) is 10.3. The van der Waals surface area contributed by atoms with E-state index in [1.165, 1.54) is 7.11 Å². The number of hydrogen-bond donors (Lipinski definition) is 0. The zero-order chi connectivity index (χ0) is 15.5. The van der Waals surface area contributed by atoms with Crippen LogP contribution in [0.3, 0.4) is 0 Å². The highest BCUT2D eigenvalue weighted by molar-refractivity contribution is 5.52. The fourth-order valence-corrected chi connectivity index (χ4v) is 1.65. The maximum Gasteiger partial charge on any atom is 0.232 e. The molecule has 1 aromatic carbocycles. The molecule has 0 aliphatic carbocycles. The Morgan fingerprint density at radius 2 is 1.86 bits per heavy atom. The molecule has 1 heterocycles. The number of rotatable bonds is 2. The molecule has 0 saturated carbocycles. The fraction of sp³-hybridized carbons (Fsp3) is 0.222. The van der Waals surface area contributed by atoms with Gasteiger partial charge in [-0.25, -0.2) is 4.98 Å². The number of hydrogen-bond acceptors (Lipinski definition) is 3. The molecule has 0 bridgehead atoms. The molecule has 21 heavy (non-hydrogen) atoms. The van der Waals surface area contributed by atoms with Crippen molar-refractivity contribution in [2.24, 2.45) is 0 Å². The first-order valence-corrected chi connectivity index (χ1v) is 6.81. The minimum Gasteiger partial charge on any atom is -0.480 e. The molecule has 0 aliphatic heterocycles. The summed E-state index contributed by atoms with van der Waals surface area (Å²) in [6, 6.07) is 13.8. The van der Waals surface area contributed by atoms with Gasteiger partial charge in [0.25, 0.3) is 0 Å². The summed E-state index contributed by atoms with van der Waals surface area (Å²) in [5, 5.41) is 9.11. The van der Waals surface area contributed by atoms with Gasteiger partial charge in [0.2, 0.25) is 5.88 Å². The maximum atomic E-state index is 9.11. The Morgan fingerprint density at radius 1 is 1.14 bits per heavy atom. The first kappa shape index (κ1) is 16.3. The zero-order valence-corrected chi connectivity index (χ0v) is 12.6. The third-order valence-electron chi connectivity index (χ3n) is 2.58. The van der Waals surface area contributed by atoms with E-state index in [9.17, 15) is 0 Å². The van der Waals surface area contributed by atoms with Crippen LogP contribution in [0.15, 0.2) is 42.6 Å². The molecule has 1 aromatic heterocycles. The lowest BCUT2D eigenvalue weighted by atomic mass is 10.1. The van der Waals surface area contributed by atoms with Crippen LogP contribution in [-0.4, -0.2) is 12.1 Å². The smallest absolute Gasteiger partial charge is 0.232 e. The van der Waals surface area contributed by atoms with Crippen LogP contribution in [0.25, 0.3) is 0 Å². The van der Waals surface area contributed by atoms with Gasteiger partial charge in [0.05, 0.1) is 7.11 Å². The van der Waals surface area contributed by atoms with Crippen LogP contribution in [0.2, 0.25) is 0 Å². The third-order valence-corrected chi connectivity index (χ3v) is 2.58. The molecule has 0 fully saturated rings. The monoisotopic (exact) mass is 278 g/mol. The molecule has 0 spiro atoms. The van der Waals surface area contributed by atoms with Crippen molar-refractivity contribution in [3.05, 3.63) is 59.3 Å². The van der Waals surface area contributed by atoms with E-state index < -0.39 is 0 Å². The van der Waals surface area contributed by atoms with E-state index in [2.05, 4.69) is 22.9 Å². The molecule has 0 aliphatic rings. The quantitative estimate of drug-likeness (QED) is 0.789. The van der Waals surface area contributed by atoms with Gasteiger partial charge in [-0.2, -0.15) is 5.26 Å². The van der Waals surface area contributed by atoms with Crippen molar-refractivity contribution in [3.63, 3.8) is 0 Å². The molecule has 0 atom stereocenters. The number of benzene rings is 1. The Hall–Kier alpha value is -2.78. The van der Waals surface area contributed by atoms with Crippen LogP contribution in [0.4, 0.5) is 0 Å². The van der Waals surface area contributed by atoms with E-state index in [0.717, 1.165) is 5.56 Å². The van der Waals surface area contributed by atoms with E-state index in [1.807, 2.05) is 44.2 Å². The van der Waals surface area contributed by atoms with Crippen LogP contribution in [0, 0.1) is 23.2 Å². The predicted octanol–water partition coefficient (Wildman–Crippen LogP) is 3.58. The molecule has 0 saturated heterocycles. The average molecular weight is 278 g/mol. The van der Waals surface area contributed by atoms with Gasteiger partial charge in [0.15, 0.2) is 0 Å². The lowest BCUT2D eigenvalue weighted by Crippen LogP contribution is -1.94. The SMILES string of the molecule is CC.COc1nccc(C#CCc2ccccc2)c1C#N. The maximum absolute atomic E-state index is 9.11.